The molecule has 0 saturated heterocycles. The molecule has 276 valence electrons. The Morgan fingerprint density at radius 3 is 1.29 bits per heavy atom. The molecule has 2 aromatic rings. The lowest BCUT2D eigenvalue weighted by Crippen LogP contribution is -2.15. The third kappa shape index (κ3) is 21.1. The van der Waals surface area contributed by atoms with Gasteiger partial charge in [-0.05, 0) is 85.5 Å². The first-order chi connectivity index (χ1) is 23.6. The van der Waals surface area contributed by atoms with Gasteiger partial charge in [0.2, 0.25) is 0 Å². The summed E-state index contributed by atoms with van der Waals surface area (Å²) in [4.78, 5) is 44.7. The van der Waals surface area contributed by atoms with Crippen molar-refractivity contribution in [1.82, 2.24) is 0 Å². The molecule has 0 aliphatic carbocycles. The van der Waals surface area contributed by atoms with Gasteiger partial charge in [0.25, 0.3) is 6.47 Å². The highest BCUT2D eigenvalue weighted by molar-refractivity contribution is 5.93. The van der Waals surface area contributed by atoms with E-state index in [-0.39, 0.29) is 24.0 Å². The van der Waals surface area contributed by atoms with Crippen molar-refractivity contribution < 1.29 is 43.6 Å². The van der Waals surface area contributed by atoms with Crippen molar-refractivity contribution in [3.8, 4) is 5.75 Å². The number of benzene rings is 2. The molecule has 3 atom stereocenters. The molecule has 49 heavy (non-hydrogen) atoms. The second-order valence-electron chi connectivity index (χ2n) is 12.2. The number of carbonyl (C=O) groups is 4. The van der Waals surface area contributed by atoms with Crippen molar-refractivity contribution in [2.45, 2.75) is 119 Å². The van der Waals surface area contributed by atoms with Crippen molar-refractivity contribution in [2.75, 3.05) is 19.8 Å². The quantitative estimate of drug-likeness (QED) is 0.0916. The molecule has 2 N–H and O–H groups in total. The Balaban J connectivity index is 0.000000892. The molecule has 9 nitrogen and oxygen atoms in total. The molecule has 0 spiro atoms. The van der Waals surface area contributed by atoms with E-state index in [4.69, 9.17) is 19.7 Å². The van der Waals surface area contributed by atoms with Crippen LogP contribution in [0.5, 0.6) is 5.75 Å². The van der Waals surface area contributed by atoms with Gasteiger partial charge in [0, 0.05) is 6.61 Å². The molecule has 0 aromatic heterocycles. The van der Waals surface area contributed by atoms with Gasteiger partial charge in [-0.3, -0.25) is 4.79 Å². The molecule has 0 saturated carbocycles. The fraction of sp³-hybridized carbons (Fsp3) is 0.600. The van der Waals surface area contributed by atoms with E-state index in [9.17, 15) is 19.2 Å². The average molecular weight is 687 g/mol. The Hall–Kier alpha value is -3.72. The highest BCUT2D eigenvalue weighted by atomic mass is 16.5. The van der Waals surface area contributed by atoms with Gasteiger partial charge in [0.1, 0.15) is 5.75 Å². The smallest absolute Gasteiger partial charge is 0.338 e. The predicted octanol–water partition coefficient (Wildman–Crippen LogP) is 9.55. The Kier molecular flexibility index (Phi) is 27.0. The topological polar surface area (TPSA) is 136 Å². The Morgan fingerprint density at radius 1 is 0.612 bits per heavy atom. The third-order valence-electron chi connectivity index (χ3n) is 8.43. The minimum Gasteiger partial charge on any atom is -0.478 e. The van der Waals surface area contributed by atoms with Crippen molar-refractivity contribution >= 4 is 24.4 Å². The summed E-state index contributed by atoms with van der Waals surface area (Å²) in [6.45, 7) is 14.5. The maximum absolute atomic E-state index is 12.2. The van der Waals surface area contributed by atoms with Gasteiger partial charge >= 0.3 is 17.9 Å². The number of aliphatic hydroxyl groups is 1. The average Bonchev–Trinajstić information content (AvgIpc) is 3.13. The Bertz CT molecular complexity index is 1090. The van der Waals surface area contributed by atoms with Crippen molar-refractivity contribution in [1.29, 1.82) is 0 Å². The van der Waals surface area contributed by atoms with Crippen LogP contribution < -0.4 is 4.74 Å². The zero-order valence-electron chi connectivity index (χ0n) is 30.8. The summed E-state index contributed by atoms with van der Waals surface area (Å²) in [5.74, 6) is 0.0447. The van der Waals surface area contributed by atoms with Crippen LogP contribution in [0.25, 0.3) is 0 Å². The van der Waals surface area contributed by atoms with Crippen LogP contribution in [-0.4, -0.2) is 54.4 Å². The van der Waals surface area contributed by atoms with E-state index in [1.165, 1.54) is 43.5 Å². The standard InChI is InChI=1S/C24H38O4.C8H6O4.C8H18O/c1-5-9-11-19(7-3)17-27-23(25)21-13-15-22(16-14-21)24(26)28-18-20(8-4)12-10-6-2;9-5-12-7-3-1-6(2-4-7)8(10)11;1-3-5-6-8(4-2)7-9/h13-16,19-20H,5-12,17-18H2,1-4H3;1-5H,(H,10,11);8-9H,3-7H2,1-2H3. The third-order valence-corrected chi connectivity index (χ3v) is 8.43. The summed E-state index contributed by atoms with van der Waals surface area (Å²) in [6, 6.07) is 12.1. The summed E-state index contributed by atoms with van der Waals surface area (Å²) in [5, 5.41) is 17.2. The first-order valence-corrected chi connectivity index (χ1v) is 18.1. The number of aromatic carboxylic acids is 1. The van der Waals surface area contributed by atoms with Gasteiger partial charge < -0.3 is 24.4 Å². The van der Waals surface area contributed by atoms with Gasteiger partial charge in [-0.25, -0.2) is 14.4 Å². The van der Waals surface area contributed by atoms with Gasteiger partial charge in [-0.1, -0.05) is 99.3 Å². The molecule has 2 aromatic carbocycles. The van der Waals surface area contributed by atoms with Crippen LogP contribution in [0.4, 0.5) is 0 Å². The number of hydrogen-bond acceptors (Lipinski definition) is 8. The molecule has 0 fully saturated rings. The van der Waals surface area contributed by atoms with E-state index in [0.29, 0.717) is 54.5 Å². The number of carboxylic acid groups (broad SMARTS) is 1. The highest BCUT2D eigenvalue weighted by Crippen LogP contribution is 2.17. The second kappa shape index (κ2) is 29.2. The molecule has 3 unspecified atom stereocenters. The first-order valence-electron chi connectivity index (χ1n) is 18.1. The first kappa shape index (κ1) is 45.3. The molecule has 2 rings (SSSR count). The normalized spacial score (nSPS) is 12.1. The second-order valence-corrected chi connectivity index (χ2v) is 12.2. The monoisotopic (exact) mass is 686 g/mol. The lowest BCUT2D eigenvalue weighted by molar-refractivity contribution is -0.120. The van der Waals surface area contributed by atoms with E-state index < -0.39 is 5.97 Å². The molecule has 0 bridgehead atoms. The van der Waals surface area contributed by atoms with Crippen LogP contribution in [0.2, 0.25) is 0 Å². The summed E-state index contributed by atoms with van der Waals surface area (Å²) in [5.41, 5.74) is 1.10. The van der Waals surface area contributed by atoms with Crippen LogP contribution in [0, 0.1) is 17.8 Å². The number of rotatable bonds is 22. The maximum Gasteiger partial charge on any atom is 0.338 e. The molecular formula is C40H62O9. The summed E-state index contributed by atoms with van der Waals surface area (Å²) in [7, 11) is 0. The van der Waals surface area contributed by atoms with Gasteiger partial charge in [0.05, 0.1) is 29.9 Å². The molecular weight excluding hydrogens is 624 g/mol. The van der Waals surface area contributed by atoms with E-state index in [1.54, 1.807) is 24.3 Å². The SMILES string of the molecule is CCCCC(CC)CO.CCCCC(CC)COC(=O)c1ccc(C(=O)OCC(CC)CCCC)cc1.O=COc1ccc(C(=O)O)cc1. The molecule has 0 radical (unpaired) electrons. The van der Waals surface area contributed by atoms with Crippen LogP contribution in [0.3, 0.4) is 0 Å². The molecule has 9 heteroatoms. The molecule has 0 aliphatic rings. The number of carbonyl (C=O) groups excluding carboxylic acids is 3. The van der Waals surface area contributed by atoms with E-state index in [2.05, 4.69) is 46.3 Å². The number of ether oxygens (including phenoxy) is 3. The van der Waals surface area contributed by atoms with Crippen molar-refractivity contribution in [2.24, 2.45) is 17.8 Å². The van der Waals surface area contributed by atoms with Crippen LogP contribution in [0.1, 0.15) is 150 Å². The zero-order chi connectivity index (χ0) is 36.9. The van der Waals surface area contributed by atoms with Gasteiger partial charge in [-0.2, -0.15) is 0 Å². The fourth-order valence-corrected chi connectivity index (χ4v) is 4.74. The van der Waals surface area contributed by atoms with Crippen molar-refractivity contribution in [3.63, 3.8) is 0 Å². The van der Waals surface area contributed by atoms with Crippen molar-refractivity contribution in [3.05, 3.63) is 65.2 Å². The van der Waals surface area contributed by atoms with E-state index >= 15 is 0 Å². The van der Waals surface area contributed by atoms with Gasteiger partial charge in [0.15, 0.2) is 0 Å². The van der Waals surface area contributed by atoms with Crippen LogP contribution >= 0.6 is 0 Å². The lowest BCUT2D eigenvalue weighted by atomic mass is 10.0. The maximum atomic E-state index is 12.2. The Labute approximate surface area is 294 Å². The molecule has 0 amide bonds. The highest BCUT2D eigenvalue weighted by Gasteiger charge is 2.15. The van der Waals surface area contributed by atoms with Crippen LogP contribution in [-0.2, 0) is 14.3 Å². The summed E-state index contributed by atoms with van der Waals surface area (Å²) >= 11 is 0. The fourth-order valence-electron chi connectivity index (χ4n) is 4.74. The zero-order valence-corrected chi connectivity index (χ0v) is 30.8. The van der Waals surface area contributed by atoms with E-state index in [0.717, 1.165) is 57.8 Å². The lowest BCUT2D eigenvalue weighted by Gasteiger charge is -2.15. The number of aliphatic hydroxyl groups excluding tert-OH is 1. The Morgan fingerprint density at radius 2 is 0.980 bits per heavy atom. The predicted molar refractivity (Wildman–Crippen MR) is 194 cm³/mol. The van der Waals surface area contributed by atoms with Crippen LogP contribution in [0.15, 0.2) is 48.5 Å². The summed E-state index contributed by atoms with van der Waals surface area (Å²) < 4.78 is 15.4. The number of esters is 2. The number of hydrogen-bond donors (Lipinski definition) is 2. The number of unbranched alkanes of at least 4 members (excludes halogenated alkanes) is 3. The minimum atomic E-state index is -1.01. The van der Waals surface area contributed by atoms with Gasteiger partial charge in [-0.15, -0.1) is 0 Å². The summed E-state index contributed by atoms with van der Waals surface area (Å²) in [6.07, 6.45) is 13.6. The molecule has 0 heterocycles. The largest absolute Gasteiger partial charge is 0.478 e. The number of carboxylic acids is 1. The van der Waals surface area contributed by atoms with E-state index in [1.807, 2.05) is 0 Å². The minimum absolute atomic E-state index is 0.160. The molecule has 0 aliphatic heterocycles.